The lowest BCUT2D eigenvalue weighted by molar-refractivity contribution is -0.127. The van der Waals surface area contributed by atoms with Crippen molar-refractivity contribution in [1.29, 1.82) is 0 Å². The minimum atomic E-state index is -0.103. The highest BCUT2D eigenvalue weighted by Crippen LogP contribution is 2.21. The summed E-state index contributed by atoms with van der Waals surface area (Å²) in [4.78, 5) is 22.9. The minimum absolute atomic E-state index is 0.103. The second kappa shape index (κ2) is 6.93. The Morgan fingerprint density at radius 2 is 2.00 bits per heavy atom. The number of likely N-dealkylation sites (tertiary alicyclic amines) is 1. The smallest absolute Gasteiger partial charge is 0.223 e. The number of aromatic nitrogens is 2. The van der Waals surface area contributed by atoms with Gasteiger partial charge in [-0.05, 0) is 71.3 Å². The van der Waals surface area contributed by atoms with Crippen LogP contribution in [-0.4, -0.2) is 39.9 Å². The van der Waals surface area contributed by atoms with Crippen LogP contribution in [0.5, 0.6) is 0 Å². The number of piperidine rings is 1. The molecule has 24 heavy (non-hydrogen) atoms. The van der Waals surface area contributed by atoms with Crippen LogP contribution in [0, 0.1) is 12.8 Å². The van der Waals surface area contributed by atoms with Gasteiger partial charge in [0.05, 0.1) is 17.1 Å². The zero-order chi connectivity index (χ0) is 17.3. The molecule has 0 aliphatic carbocycles. The Bertz CT molecular complexity index is 713. The van der Waals surface area contributed by atoms with E-state index in [9.17, 15) is 4.79 Å². The van der Waals surface area contributed by atoms with Gasteiger partial charge < -0.3 is 15.2 Å². The number of carbonyl (C=O) groups is 1. The molecule has 5 nitrogen and oxygen atoms in total. The van der Waals surface area contributed by atoms with Crippen molar-refractivity contribution in [1.82, 2.24) is 20.2 Å². The van der Waals surface area contributed by atoms with Crippen molar-refractivity contribution in [3.63, 3.8) is 0 Å². The van der Waals surface area contributed by atoms with Crippen LogP contribution in [0.1, 0.15) is 51.0 Å². The first-order valence-corrected chi connectivity index (χ1v) is 8.94. The van der Waals surface area contributed by atoms with E-state index in [-0.39, 0.29) is 17.9 Å². The van der Waals surface area contributed by atoms with Gasteiger partial charge in [-0.1, -0.05) is 6.07 Å². The fraction of sp³-hybridized carbons (Fsp3) is 0.579. The first kappa shape index (κ1) is 17.0. The number of aromatic amines is 1. The second-order valence-electron chi connectivity index (χ2n) is 7.28. The lowest BCUT2D eigenvalue weighted by atomic mass is 9.95. The topological polar surface area (TPSA) is 61.0 Å². The van der Waals surface area contributed by atoms with E-state index in [4.69, 9.17) is 0 Å². The summed E-state index contributed by atoms with van der Waals surface area (Å²) in [5, 5.41) is 3.13. The van der Waals surface area contributed by atoms with Crippen molar-refractivity contribution in [2.45, 2.75) is 52.6 Å². The van der Waals surface area contributed by atoms with E-state index in [1.807, 2.05) is 13.0 Å². The Hall–Kier alpha value is -1.88. The second-order valence-corrected chi connectivity index (χ2v) is 7.28. The maximum atomic E-state index is 12.6. The Kier molecular flexibility index (Phi) is 4.90. The van der Waals surface area contributed by atoms with Crippen LogP contribution in [0.4, 0.5) is 0 Å². The third kappa shape index (κ3) is 3.61. The first-order valence-electron chi connectivity index (χ1n) is 8.94. The maximum Gasteiger partial charge on any atom is 0.223 e. The van der Waals surface area contributed by atoms with Gasteiger partial charge in [0.1, 0.15) is 5.82 Å². The summed E-state index contributed by atoms with van der Waals surface area (Å²) in [7, 11) is 0. The number of aryl methyl sites for hydroxylation is 1. The highest BCUT2D eigenvalue weighted by atomic mass is 16.1. The van der Waals surface area contributed by atoms with Gasteiger partial charge in [0.25, 0.3) is 0 Å². The molecule has 0 saturated carbocycles. The Morgan fingerprint density at radius 3 is 2.67 bits per heavy atom. The predicted molar refractivity (Wildman–Crippen MR) is 96.8 cm³/mol. The summed E-state index contributed by atoms with van der Waals surface area (Å²) in [6, 6.07) is 6.61. The fourth-order valence-corrected chi connectivity index (χ4v) is 3.43. The molecule has 1 aliphatic rings. The number of imidazole rings is 1. The number of hydrogen-bond donors (Lipinski definition) is 2. The predicted octanol–water partition coefficient (Wildman–Crippen LogP) is 3.17. The van der Waals surface area contributed by atoms with Crippen LogP contribution >= 0.6 is 0 Å². The molecule has 1 aromatic heterocycles. The van der Waals surface area contributed by atoms with Crippen LogP contribution in [-0.2, 0) is 4.79 Å². The van der Waals surface area contributed by atoms with E-state index >= 15 is 0 Å². The molecule has 130 valence electrons. The van der Waals surface area contributed by atoms with Crippen molar-refractivity contribution >= 4 is 16.9 Å². The molecule has 1 aromatic carbocycles. The van der Waals surface area contributed by atoms with Gasteiger partial charge in [-0.3, -0.25) is 4.79 Å². The number of carbonyl (C=O) groups excluding carboxylic acids is 1. The molecule has 0 unspecified atom stereocenters. The number of fused-ring (bicyclic) bond motifs is 1. The third-order valence-corrected chi connectivity index (χ3v) is 5.06. The summed E-state index contributed by atoms with van der Waals surface area (Å²) in [5.74, 6) is 1.10. The highest BCUT2D eigenvalue weighted by Gasteiger charge is 2.27. The summed E-state index contributed by atoms with van der Waals surface area (Å²) >= 11 is 0. The van der Waals surface area contributed by atoms with Gasteiger partial charge in [0.2, 0.25) is 5.91 Å². The SMILES string of the molecule is Cc1ccc2nc([C@@H](C)NC(=O)C3CCN(C(C)C)CC3)[nH]c2c1. The number of nitrogens with zero attached hydrogens (tertiary/aromatic N) is 2. The van der Waals surface area contributed by atoms with Gasteiger partial charge >= 0.3 is 0 Å². The molecule has 1 saturated heterocycles. The molecule has 1 fully saturated rings. The van der Waals surface area contributed by atoms with E-state index < -0.39 is 0 Å². The van der Waals surface area contributed by atoms with E-state index in [0.29, 0.717) is 6.04 Å². The Labute approximate surface area is 143 Å². The molecule has 1 atom stereocenters. The average Bonchev–Trinajstić information content (AvgIpc) is 2.98. The van der Waals surface area contributed by atoms with Crippen molar-refractivity contribution < 1.29 is 4.79 Å². The molecule has 0 bridgehead atoms. The first-order chi connectivity index (χ1) is 11.4. The standard InChI is InChI=1S/C19H28N4O/c1-12(2)23-9-7-15(8-10-23)19(24)20-14(4)18-21-16-6-5-13(3)11-17(16)22-18/h5-6,11-12,14-15H,7-10H2,1-4H3,(H,20,24)(H,21,22)/t14-/m1/s1. The van der Waals surface area contributed by atoms with Crippen molar-refractivity contribution in [3.8, 4) is 0 Å². The molecule has 1 aliphatic heterocycles. The molecule has 3 rings (SSSR count). The average molecular weight is 328 g/mol. The summed E-state index contributed by atoms with van der Waals surface area (Å²) in [6.45, 7) is 10.5. The lowest BCUT2D eigenvalue weighted by Gasteiger charge is -2.34. The van der Waals surface area contributed by atoms with Crippen molar-refractivity contribution in [2.24, 2.45) is 5.92 Å². The zero-order valence-electron chi connectivity index (χ0n) is 15.1. The van der Waals surface area contributed by atoms with Crippen molar-refractivity contribution in [3.05, 3.63) is 29.6 Å². The molecule has 2 aromatic rings. The van der Waals surface area contributed by atoms with E-state index in [1.54, 1.807) is 0 Å². The number of hydrogen-bond acceptors (Lipinski definition) is 3. The van der Waals surface area contributed by atoms with Gasteiger partial charge in [-0.25, -0.2) is 4.98 Å². The summed E-state index contributed by atoms with van der Waals surface area (Å²) in [6.07, 6.45) is 1.88. The van der Waals surface area contributed by atoms with Gasteiger partial charge in [-0.15, -0.1) is 0 Å². The van der Waals surface area contributed by atoms with Crippen LogP contribution in [0.15, 0.2) is 18.2 Å². The van der Waals surface area contributed by atoms with Crippen LogP contribution in [0.2, 0.25) is 0 Å². The summed E-state index contributed by atoms with van der Waals surface area (Å²) < 4.78 is 0. The van der Waals surface area contributed by atoms with E-state index in [2.05, 4.69) is 53.1 Å². The molecule has 0 spiro atoms. The summed E-state index contributed by atoms with van der Waals surface area (Å²) in [5.41, 5.74) is 3.17. The number of amides is 1. The Morgan fingerprint density at radius 1 is 1.29 bits per heavy atom. The van der Waals surface area contributed by atoms with Gasteiger partial charge in [0, 0.05) is 12.0 Å². The number of benzene rings is 1. The molecule has 2 heterocycles. The highest BCUT2D eigenvalue weighted by molar-refractivity contribution is 5.79. The number of nitrogens with one attached hydrogen (secondary N) is 2. The van der Waals surface area contributed by atoms with Gasteiger partial charge in [-0.2, -0.15) is 0 Å². The monoisotopic (exact) mass is 328 g/mol. The Balaban J connectivity index is 1.61. The molecule has 5 heteroatoms. The molecular formula is C19H28N4O. The molecule has 1 amide bonds. The van der Waals surface area contributed by atoms with Crippen LogP contribution in [0.3, 0.4) is 0 Å². The molecule has 2 N–H and O–H groups in total. The van der Waals surface area contributed by atoms with Crippen LogP contribution in [0.25, 0.3) is 11.0 Å². The van der Waals surface area contributed by atoms with E-state index in [1.165, 1.54) is 5.56 Å². The quantitative estimate of drug-likeness (QED) is 0.906. The molecule has 0 radical (unpaired) electrons. The largest absolute Gasteiger partial charge is 0.346 e. The fourth-order valence-electron chi connectivity index (χ4n) is 3.43. The zero-order valence-corrected chi connectivity index (χ0v) is 15.1. The maximum absolute atomic E-state index is 12.6. The number of rotatable bonds is 4. The number of H-pyrrole nitrogens is 1. The van der Waals surface area contributed by atoms with E-state index in [0.717, 1.165) is 42.8 Å². The lowest BCUT2D eigenvalue weighted by Crippen LogP contribution is -2.43. The third-order valence-electron chi connectivity index (χ3n) is 5.06. The van der Waals surface area contributed by atoms with Crippen molar-refractivity contribution in [2.75, 3.05) is 13.1 Å². The molecular weight excluding hydrogens is 300 g/mol. The minimum Gasteiger partial charge on any atom is -0.346 e. The normalized spacial score (nSPS) is 18.2. The van der Waals surface area contributed by atoms with Crippen LogP contribution < -0.4 is 5.32 Å². The van der Waals surface area contributed by atoms with Gasteiger partial charge in [0.15, 0.2) is 0 Å².